The average Bonchev–Trinajstić information content (AvgIpc) is 3.07. The third kappa shape index (κ3) is 14.2. The molecule has 1 saturated carbocycles. The van der Waals surface area contributed by atoms with Gasteiger partial charge >= 0.3 is 30.0 Å². The van der Waals surface area contributed by atoms with Gasteiger partial charge in [-0.05, 0) is 87.1 Å². The fourth-order valence-electron chi connectivity index (χ4n) is 4.32. The summed E-state index contributed by atoms with van der Waals surface area (Å²) in [5.41, 5.74) is 0.337. The first kappa shape index (κ1) is 36.3. The lowest BCUT2D eigenvalue weighted by Crippen LogP contribution is -2.22. The van der Waals surface area contributed by atoms with Crippen molar-refractivity contribution in [2.45, 2.75) is 63.9 Å². The van der Waals surface area contributed by atoms with Gasteiger partial charge in [0.2, 0.25) is 0 Å². The number of rotatable bonds is 18. The molecule has 0 aliphatic heterocycles. The molecule has 1 aliphatic carbocycles. The second-order valence-corrected chi connectivity index (χ2v) is 10.5. The quantitative estimate of drug-likeness (QED) is 0.0460. The Kier molecular flexibility index (Phi) is 15.5. The predicted molar refractivity (Wildman–Crippen MR) is 168 cm³/mol. The lowest BCUT2D eigenvalue weighted by Gasteiger charge is -2.21. The van der Waals surface area contributed by atoms with Crippen LogP contribution in [0.5, 0.6) is 17.2 Å². The number of esters is 4. The molecular weight excluding hydrogens is 612 g/mol. The van der Waals surface area contributed by atoms with E-state index in [9.17, 15) is 24.0 Å². The highest BCUT2D eigenvalue weighted by atomic mass is 16.7. The standard InChI is InChI=1S/C35H40O12/c1-3-31(36)42-20-7-8-21-44-35(40)47-30-18-16-29(17-19-30)46-34(39)26-12-14-27(15-13-26)41-22-9-23-43-33(38)25(2)24-32(37)45-28-10-5-4-6-11-28/h3,12-19,28H,1-2,4-11,20-24H2. The molecule has 12 heteroatoms. The van der Waals surface area contributed by atoms with E-state index < -0.39 is 30.0 Å². The highest BCUT2D eigenvalue weighted by Gasteiger charge is 2.20. The third-order valence-electron chi connectivity index (χ3n) is 6.78. The van der Waals surface area contributed by atoms with E-state index in [0.717, 1.165) is 38.2 Å². The van der Waals surface area contributed by atoms with E-state index in [2.05, 4.69) is 13.2 Å². The SMILES string of the molecule is C=CC(=O)OCCCCOC(=O)Oc1ccc(OC(=O)c2ccc(OCCCOC(=O)C(=C)CC(=O)OC3CCCCC3)cc2)cc1. The number of carbonyl (C=O) groups excluding carboxylic acids is 5. The summed E-state index contributed by atoms with van der Waals surface area (Å²) in [5, 5.41) is 0. The average molecular weight is 653 g/mol. The molecule has 0 unspecified atom stereocenters. The van der Waals surface area contributed by atoms with Crippen molar-refractivity contribution in [3.63, 3.8) is 0 Å². The molecule has 3 rings (SSSR count). The maximum absolute atomic E-state index is 12.5. The zero-order valence-electron chi connectivity index (χ0n) is 26.3. The lowest BCUT2D eigenvalue weighted by molar-refractivity contribution is -0.151. The van der Waals surface area contributed by atoms with E-state index in [1.165, 1.54) is 24.3 Å². The Morgan fingerprint density at radius 2 is 1.30 bits per heavy atom. The van der Waals surface area contributed by atoms with Gasteiger partial charge in [0.25, 0.3) is 0 Å². The van der Waals surface area contributed by atoms with Crippen molar-refractivity contribution >= 4 is 30.0 Å². The highest BCUT2D eigenvalue weighted by Crippen LogP contribution is 2.22. The maximum Gasteiger partial charge on any atom is 0.513 e. The van der Waals surface area contributed by atoms with E-state index in [0.29, 0.717) is 25.0 Å². The second-order valence-electron chi connectivity index (χ2n) is 10.5. The minimum absolute atomic E-state index is 0.0496. The summed E-state index contributed by atoms with van der Waals surface area (Å²) in [4.78, 5) is 59.5. The zero-order chi connectivity index (χ0) is 33.9. The van der Waals surface area contributed by atoms with Crippen LogP contribution in [0.2, 0.25) is 0 Å². The maximum atomic E-state index is 12.5. The minimum atomic E-state index is -0.893. The Labute approximate surface area is 273 Å². The molecule has 0 bridgehead atoms. The van der Waals surface area contributed by atoms with Crippen LogP contribution in [0.25, 0.3) is 0 Å². The van der Waals surface area contributed by atoms with Crippen LogP contribution >= 0.6 is 0 Å². The van der Waals surface area contributed by atoms with Gasteiger partial charge in [0, 0.05) is 18.1 Å². The summed E-state index contributed by atoms with van der Waals surface area (Å²) in [7, 11) is 0. The largest absolute Gasteiger partial charge is 0.513 e. The Bertz CT molecular complexity index is 1360. The van der Waals surface area contributed by atoms with Crippen molar-refractivity contribution in [3.8, 4) is 17.2 Å². The second kappa shape index (κ2) is 20.1. The van der Waals surface area contributed by atoms with Gasteiger partial charge in [-0.1, -0.05) is 19.6 Å². The van der Waals surface area contributed by atoms with Crippen LogP contribution in [-0.2, 0) is 33.3 Å². The van der Waals surface area contributed by atoms with Crippen LogP contribution in [0.1, 0.15) is 68.1 Å². The van der Waals surface area contributed by atoms with Gasteiger partial charge in [0.05, 0.1) is 38.4 Å². The topological polar surface area (TPSA) is 150 Å². The van der Waals surface area contributed by atoms with E-state index in [4.69, 9.17) is 33.2 Å². The summed E-state index contributed by atoms with van der Waals surface area (Å²) in [6, 6.07) is 12.2. The van der Waals surface area contributed by atoms with E-state index in [1.54, 1.807) is 24.3 Å². The van der Waals surface area contributed by atoms with Gasteiger partial charge in [0.15, 0.2) is 0 Å². The normalized spacial score (nSPS) is 12.6. The molecule has 0 amide bonds. The van der Waals surface area contributed by atoms with Crippen molar-refractivity contribution < 1.29 is 57.1 Å². The van der Waals surface area contributed by atoms with Gasteiger partial charge in [-0.3, -0.25) is 4.79 Å². The van der Waals surface area contributed by atoms with Crippen LogP contribution in [0, 0.1) is 0 Å². The highest BCUT2D eigenvalue weighted by molar-refractivity contribution is 5.93. The summed E-state index contributed by atoms with van der Waals surface area (Å²) in [6.45, 7) is 7.57. The Morgan fingerprint density at radius 1 is 0.702 bits per heavy atom. The Balaban J connectivity index is 1.28. The molecule has 1 fully saturated rings. The van der Waals surface area contributed by atoms with Gasteiger partial charge in [-0.15, -0.1) is 0 Å². The first-order chi connectivity index (χ1) is 22.7. The van der Waals surface area contributed by atoms with Gasteiger partial charge in [-0.25, -0.2) is 19.2 Å². The van der Waals surface area contributed by atoms with Crippen molar-refractivity contribution in [1.29, 1.82) is 0 Å². The molecule has 2 aromatic rings. The monoisotopic (exact) mass is 652 g/mol. The van der Waals surface area contributed by atoms with Crippen LogP contribution in [0.15, 0.2) is 73.3 Å². The Morgan fingerprint density at radius 3 is 1.96 bits per heavy atom. The fourth-order valence-corrected chi connectivity index (χ4v) is 4.32. The number of hydrogen-bond acceptors (Lipinski definition) is 12. The van der Waals surface area contributed by atoms with E-state index in [1.807, 2.05) is 0 Å². The molecule has 0 atom stereocenters. The van der Waals surface area contributed by atoms with Crippen LogP contribution < -0.4 is 14.2 Å². The van der Waals surface area contributed by atoms with E-state index in [-0.39, 0.29) is 61.6 Å². The molecule has 1 aliphatic rings. The minimum Gasteiger partial charge on any atom is -0.493 e. The number of ether oxygens (including phenoxy) is 7. The molecule has 0 saturated heterocycles. The van der Waals surface area contributed by atoms with Crippen molar-refractivity contribution in [2.24, 2.45) is 0 Å². The number of benzene rings is 2. The molecule has 252 valence electrons. The van der Waals surface area contributed by atoms with Gasteiger partial charge < -0.3 is 33.2 Å². The Hall–Kier alpha value is -5.13. The van der Waals surface area contributed by atoms with Crippen molar-refractivity contribution in [2.75, 3.05) is 26.4 Å². The van der Waals surface area contributed by atoms with Crippen LogP contribution in [-0.4, -0.2) is 62.6 Å². The first-order valence-electron chi connectivity index (χ1n) is 15.5. The molecule has 0 aromatic heterocycles. The third-order valence-corrected chi connectivity index (χ3v) is 6.78. The van der Waals surface area contributed by atoms with Gasteiger partial charge in [-0.2, -0.15) is 0 Å². The molecule has 12 nitrogen and oxygen atoms in total. The smallest absolute Gasteiger partial charge is 0.493 e. The molecule has 0 radical (unpaired) electrons. The predicted octanol–water partition coefficient (Wildman–Crippen LogP) is 6.06. The number of hydrogen-bond donors (Lipinski definition) is 0. The first-order valence-corrected chi connectivity index (χ1v) is 15.5. The molecule has 2 aromatic carbocycles. The van der Waals surface area contributed by atoms with Crippen LogP contribution in [0.4, 0.5) is 4.79 Å². The summed E-state index contributed by atoms with van der Waals surface area (Å²) in [6.07, 6.45) is 6.24. The van der Waals surface area contributed by atoms with Crippen molar-refractivity contribution in [3.05, 3.63) is 78.9 Å². The zero-order valence-corrected chi connectivity index (χ0v) is 26.3. The van der Waals surface area contributed by atoms with Crippen molar-refractivity contribution in [1.82, 2.24) is 0 Å². The van der Waals surface area contributed by atoms with E-state index >= 15 is 0 Å². The van der Waals surface area contributed by atoms with Crippen LogP contribution in [0.3, 0.4) is 0 Å². The molecule has 0 N–H and O–H groups in total. The fraction of sp³-hybridized carbons (Fsp3) is 0.400. The number of carbonyl (C=O) groups is 5. The summed E-state index contributed by atoms with van der Waals surface area (Å²) in [5.74, 6) is -1.27. The molecule has 0 heterocycles. The molecular formula is C35H40O12. The number of unbranched alkanes of at least 4 members (excludes halogenated alkanes) is 1. The summed E-state index contributed by atoms with van der Waals surface area (Å²) < 4.78 is 36.5. The van der Waals surface area contributed by atoms with Gasteiger partial charge in [0.1, 0.15) is 23.4 Å². The lowest BCUT2D eigenvalue weighted by atomic mass is 9.98. The summed E-state index contributed by atoms with van der Waals surface area (Å²) >= 11 is 0. The molecule has 47 heavy (non-hydrogen) atoms. The molecule has 0 spiro atoms.